The highest BCUT2D eigenvalue weighted by atomic mass is 16.3. The molecule has 1 aliphatic rings. The van der Waals surface area contributed by atoms with Crippen LogP contribution >= 0.6 is 0 Å². The maximum atomic E-state index is 9.95. The number of phenolic OH excluding ortho intramolecular Hbond substituents is 1. The number of amidine groups is 1. The van der Waals surface area contributed by atoms with Crippen molar-refractivity contribution < 1.29 is 5.11 Å². The summed E-state index contributed by atoms with van der Waals surface area (Å²) in [7, 11) is 0. The van der Waals surface area contributed by atoms with Crippen molar-refractivity contribution in [2.75, 3.05) is 5.32 Å². The van der Waals surface area contributed by atoms with Crippen molar-refractivity contribution in [1.29, 1.82) is 0 Å². The second-order valence-electron chi connectivity index (χ2n) is 5.12. The zero-order valence-corrected chi connectivity index (χ0v) is 11.7. The smallest absolute Gasteiger partial charge is 0.139 e. The Labute approximate surface area is 115 Å². The normalized spacial score (nSPS) is 18.2. The summed E-state index contributed by atoms with van der Waals surface area (Å²) in [5, 5.41) is 13.2. The first-order valence-corrected chi connectivity index (χ1v) is 7.00. The third-order valence-corrected chi connectivity index (χ3v) is 3.45. The maximum Gasteiger partial charge on any atom is 0.139 e. The minimum absolute atomic E-state index is 0.284. The second-order valence-corrected chi connectivity index (χ2v) is 5.12. The molecule has 1 aliphatic heterocycles. The summed E-state index contributed by atoms with van der Waals surface area (Å²) < 4.78 is 0. The zero-order valence-electron chi connectivity index (χ0n) is 11.7. The molecule has 0 spiro atoms. The fourth-order valence-electron chi connectivity index (χ4n) is 2.30. The van der Waals surface area contributed by atoms with E-state index in [1.165, 1.54) is 12.8 Å². The van der Waals surface area contributed by atoms with E-state index in [0.29, 0.717) is 5.92 Å². The Morgan fingerprint density at radius 3 is 3.00 bits per heavy atom. The van der Waals surface area contributed by atoms with Crippen LogP contribution < -0.4 is 5.32 Å². The predicted molar refractivity (Wildman–Crippen MR) is 80.7 cm³/mol. The molecule has 0 saturated carbocycles. The van der Waals surface area contributed by atoms with Gasteiger partial charge in [0.1, 0.15) is 11.6 Å². The summed E-state index contributed by atoms with van der Waals surface area (Å²) >= 11 is 0. The van der Waals surface area contributed by atoms with Gasteiger partial charge in [-0.1, -0.05) is 31.9 Å². The van der Waals surface area contributed by atoms with Crippen LogP contribution in [0.15, 0.2) is 35.5 Å². The van der Waals surface area contributed by atoms with Gasteiger partial charge in [-0.25, -0.2) is 4.99 Å². The van der Waals surface area contributed by atoms with Crippen LogP contribution in [0.5, 0.6) is 5.75 Å². The molecular formula is C16H22N2O. The second kappa shape index (κ2) is 6.41. The third kappa shape index (κ3) is 3.60. The Balaban J connectivity index is 2.11. The lowest BCUT2D eigenvalue weighted by molar-refractivity contribution is 0.477. The lowest BCUT2D eigenvalue weighted by atomic mass is 9.95. The topological polar surface area (TPSA) is 44.6 Å². The molecule has 3 heteroatoms. The van der Waals surface area contributed by atoms with Crippen LogP contribution in [0, 0.1) is 12.8 Å². The van der Waals surface area contributed by atoms with Crippen molar-refractivity contribution in [3.05, 3.63) is 36.0 Å². The molecule has 0 bridgehead atoms. The molecule has 3 nitrogen and oxygen atoms in total. The number of nitrogens with zero attached hydrogens (tertiary/aromatic N) is 1. The number of aryl methyl sites for hydroxylation is 1. The summed E-state index contributed by atoms with van der Waals surface area (Å²) in [5.41, 5.74) is 1.79. The Morgan fingerprint density at radius 2 is 2.26 bits per heavy atom. The predicted octanol–water partition coefficient (Wildman–Crippen LogP) is 4.23. The number of benzene rings is 1. The summed E-state index contributed by atoms with van der Waals surface area (Å²) in [6.07, 6.45) is 8.52. The minimum atomic E-state index is 0.284. The van der Waals surface area contributed by atoms with Crippen molar-refractivity contribution in [3.63, 3.8) is 0 Å². The maximum absolute atomic E-state index is 9.95. The van der Waals surface area contributed by atoms with E-state index in [1.807, 2.05) is 25.3 Å². The Morgan fingerprint density at radius 1 is 1.42 bits per heavy atom. The molecule has 1 atom stereocenters. The largest absolute Gasteiger partial charge is 0.506 e. The van der Waals surface area contributed by atoms with Gasteiger partial charge in [0.2, 0.25) is 0 Å². The molecule has 0 radical (unpaired) electrons. The van der Waals surface area contributed by atoms with Gasteiger partial charge in [-0.2, -0.15) is 0 Å². The number of anilines is 1. The number of rotatable bonds is 4. The van der Waals surface area contributed by atoms with Gasteiger partial charge in [-0.3, -0.25) is 0 Å². The summed E-state index contributed by atoms with van der Waals surface area (Å²) in [5.74, 6) is 1.69. The summed E-state index contributed by atoms with van der Waals surface area (Å²) in [6, 6.07) is 5.66. The fraction of sp³-hybridized carbons (Fsp3) is 0.438. The van der Waals surface area contributed by atoms with Crippen LogP contribution in [0.25, 0.3) is 0 Å². The van der Waals surface area contributed by atoms with Crippen LogP contribution in [-0.2, 0) is 0 Å². The molecule has 1 aromatic carbocycles. The van der Waals surface area contributed by atoms with E-state index in [9.17, 15) is 5.11 Å². The molecule has 1 aromatic rings. The first-order chi connectivity index (χ1) is 9.20. The monoisotopic (exact) mass is 258 g/mol. The Bertz CT molecular complexity index is 492. The van der Waals surface area contributed by atoms with Gasteiger partial charge >= 0.3 is 0 Å². The van der Waals surface area contributed by atoms with Crippen molar-refractivity contribution in [1.82, 2.24) is 0 Å². The lowest BCUT2D eigenvalue weighted by Crippen LogP contribution is -2.24. The number of aliphatic imine (C=N–C) groups is 1. The molecule has 102 valence electrons. The number of hydrogen-bond acceptors (Lipinski definition) is 3. The zero-order chi connectivity index (χ0) is 13.7. The van der Waals surface area contributed by atoms with E-state index in [2.05, 4.69) is 23.3 Å². The average molecular weight is 258 g/mol. The number of hydrogen-bond donors (Lipinski definition) is 2. The minimum Gasteiger partial charge on any atom is -0.506 e. The molecule has 0 aromatic heterocycles. The molecule has 2 N–H and O–H groups in total. The molecule has 1 unspecified atom stereocenters. The molecule has 19 heavy (non-hydrogen) atoms. The molecule has 0 saturated heterocycles. The average Bonchev–Trinajstić information content (AvgIpc) is 2.41. The van der Waals surface area contributed by atoms with E-state index >= 15 is 0 Å². The standard InChI is InChI=1S/C16H22N2O/c1-3-4-6-13-7-5-10-17-16(13)18-14-9-8-12(2)11-15(14)19/h5,8-11,13,19H,3-4,6-7H2,1-2H3,(H,17,18). The van der Waals surface area contributed by atoms with Gasteiger partial charge in [0.05, 0.1) is 5.69 Å². The van der Waals surface area contributed by atoms with Gasteiger partial charge in [0, 0.05) is 12.1 Å². The van der Waals surface area contributed by atoms with Crippen LogP contribution in [0.4, 0.5) is 5.69 Å². The van der Waals surface area contributed by atoms with E-state index in [1.54, 1.807) is 6.07 Å². The van der Waals surface area contributed by atoms with E-state index in [4.69, 9.17) is 0 Å². The van der Waals surface area contributed by atoms with Gasteiger partial charge in [-0.05, 0) is 37.5 Å². The molecule has 1 heterocycles. The van der Waals surface area contributed by atoms with Gasteiger partial charge in [0.25, 0.3) is 0 Å². The number of unbranched alkanes of at least 4 members (excludes halogenated alkanes) is 1. The SMILES string of the molecule is CCCCC1CC=CN=C1Nc1ccc(C)cc1O. The lowest BCUT2D eigenvalue weighted by Gasteiger charge is -2.21. The van der Waals surface area contributed by atoms with E-state index < -0.39 is 0 Å². The van der Waals surface area contributed by atoms with Crippen LogP contribution in [0.2, 0.25) is 0 Å². The van der Waals surface area contributed by atoms with E-state index in [-0.39, 0.29) is 5.75 Å². The van der Waals surface area contributed by atoms with Crippen molar-refractivity contribution in [3.8, 4) is 5.75 Å². The van der Waals surface area contributed by atoms with Crippen LogP contribution in [0.1, 0.15) is 38.2 Å². The van der Waals surface area contributed by atoms with Gasteiger partial charge < -0.3 is 10.4 Å². The Kier molecular flexibility index (Phi) is 4.61. The molecular weight excluding hydrogens is 236 g/mol. The number of nitrogens with one attached hydrogen (secondary N) is 1. The number of allylic oxidation sites excluding steroid dienone is 1. The first-order valence-electron chi connectivity index (χ1n) is 7.00. The number of phenols is 1. The first kappa shape index (κ1) is 13.7. The van der Waals surface area contributed by atoms with Crippen LogP contribution in [-0.4, -0.2) is 10.9 Å². The molecule has 0 fully saturated rings. The summed E-state index contributed by atoms with van der Waals surface area (Å²) in [4.78, 5) is 4.44. The van der Waals surface area contributed by atoms with Crippen LogP contribution in [0.3, 0.4) is 0 Å². The third-order valence-electron chi connectivity index (χ3n) is 3.45. The molecule has 0 amide bonds. The fourth-order valence-corrected chi connectivity index (χ4v) is 2.30. The quantitative estimate of drug-likeness (QED) is 0.794. The Hall–Kier alpha value is -1.77. The van der Waals surface area contributed by atoms with Gasteiger partial charge in [0.15, 0.2) is 0 Å². The highest BCUT2D eigenvalue weighted by Crippen LogP contribution is 2.27. The molecule has 0 aliphatic carbocycles. The van der Waals surface area contributed by atoms with Gasteiger partial charge in [-0.15, -0.1) is 0 Å². The highest BCUT2D eigenvalue weighted by Gasteiger charge is 2.17. The molecule has 2 rings (SSSR count). The highest BCUT2D eigenvalue weighted by molar-refractivity contribution is 5.99. The summed E-state index contributed by atoms with van der Waals surface area (Å²) in [6.45, 7) is 4.17. The van der Waals surface area contributed by atoms with Crippen molar-refractivity contribution in [2.45, 2.75) is 39.5 Å². The van der Waals surface area contributed by atoms with Crippen molar-refractivity contribution >= 4 is 11.5 Å². The number of aromatic hydroxyl groups is 1. The van der Waals surface area contributed by atoms with E-state index in [0.717, 1.165) is 29.9 Å². The van der Waals surface area contributed by atoms with Crippen molar-refractivity contribution in [2.24, 2.45) is 10.9 Å².